The SMILES string of the molecule is Cc1c(-c2nnn[nH]2)sc2ncnc(Nc3ccc(F)cc3OC3CCOCC3)c12. The highest BCUT2D eigenvalue weighted by Gasteiger charge is 2.20. The van der Waals surface area contributed by atoms with E-state index in [4.69, 9.17) is 9.47 Å². The van der Waals surface area contributed by atoms with Gasteiger partial charge in [0.15, 0.2) is 5.82 Å². The first-order chi connectivity index (χ1) is 14.7. The summed E-state index contributed by atoms with van der Waals surface area (Å²) >= 11 is 1.47. The number of rotatable bonds is 5. The number of nitrogens with one attached hydrogen (secondary N) is 2. The van der Waals surface area contributed by atoms with Crippen molar-refractivity contribution in [1.29, 1.82) is 0 Å². The largest absolute Gasteiger partial charge is 0.488 e. The van der Waals surface area contributed by atoms with Crippen molar-refractivity contribution in [3.05, 3.63) is 35.9 Å². The number of aryl methyl sites for hydroxylation is 1. The molecule has 0 saturated carbocycles. The number of thiophene rings is 1. The zero-order valence-electron chi connectivity index (χ0n) is 16.1. The highest BCUT2D eigenvalue weighted by Crippen LogP contribution is 2.40. The van der Waals surface area contributed by atoms with E-state index >= 15 is 0 Å². The number of aromatic nitrogens is 6. The Labute approximate surface area is 174 Å². The Bertz CT molecular complexity index is 1180. The first kappa shape index (κ1) is 18.8. The van der Waals surface area contributed by atoms with Gasteiger partial charge in [-0.05, 0) is 35.0 Å². The van der Waals surface area contributed by atoms with Crippen LogP contribution in [0.1, 0.15) is 18.4 Å². The van der Waals surface area contributed by atoms with Crippen LogP contribution in [-0.2, 0) is 4.74 Å². The van der Waals surface area contributed by atoms with E-state index < -0.39 is 0 Å². The van der Waals surface area contributed by atoms with Gasteiger partial charge in [-0.3, -0.25) is 0 Å². The van der Waals surface area contributed by atoms with E-state index in [1.54, 1.807) is 6.07 Å². The number of hydrogen-bond donors (Lipinski definition) is 2. The summed E-state index contributed by atoms with van der Waals surface area (Å²) < 4.78 is 25.4. The van der Waals surface area contributed by atoms with Gasteiger partial charge >= 0.3 is 0 Å². The van der Waals surface area contributed by atoms with Crippen LogP contribution in [0.25, 0.3) is 20.9 Å². The molecule has 4 aromatic rings. The minimum atomic E-state index is -0.359. The molecule has 11 heteroatoms. The van der Waals surface area contributed by atoms with Crippen molar-refractivity contribution in [2.45, 2.75) is 25.9 Å². The topological polar surface area (TPSA) is 111 Å². The van der Waals surface area contributed by atoms with Crippen molar-refractivity contribution < 1.29 is 13.9 Å². The second kappa shape index (κ2) is 7.92. The number of benzene rings is 1. The Balaban J connectivity index is 1.51. The van der Waals surface area contributed by atoms with Crippen LogP contribution in [0.4, 0.5) is 15.9 Å². The zero-order chi connectivity index (χ0) is 20.5. The number of H-pyrrole nitrogens is 1. The normalized spacial score (nSPS) is 14.9. The van der Waals surface area contributed by atoms with E-state index in [9.17, 15) is 4.39 Å². The Morgan fingerprint density at radius 1 is 1.27 bits per heavy atom. The fourth-order valence-corrected chi connectivity index (χ4v) is 4.53. The predicted octanol–water partition coefficient (Wildman–Crippen LogP) is 3.62. The molecule has 2 N–H and O–H groups in total. The molecule has 4 heterocycles. The molecule has 5 rings (SSSR count). The molecule has 0 atom stereocenters. The molecular weight excluding hydrogens is 409 g/mol. The fourth-order valence-electron chi connectivity index (χ4n) is 3.45. The van der Waals surface area contributed by atoms with Crippen LogP contribution >= 0.6 is 11.3 Å². The van der Waals surface area contributed by atoms with Crippen LogP contribution in [0.15, 0.2) is 24.5 Å². The second-order valence-corrected chi connectivity index (χ2v) is 7.90. The molecule has 1 saturated heterocycles. The number of halogens is 1. The number of anilines is 2. The molecule has 0 unspecified atom stereocenters. The molecule has 9 nitrogen and oxygen atoms in total. The van der Waals surface area contributed by atoms with E-state index in [1.807, 2.05) is 6.92 Å². The lowest BCUT2D eigenvalue weighted by Crippen LogP contribution is -2.26. The number of aromatic amines is 1. The summed E-state index contributed by atoms with van der Waals surface area (Å²) in [5.74, 6) is 1.27. The average molecular weight is 427 g/mol. The van der Waals surface area contributed by atoms with E-state index in [2.05, 4.69) is 35.9 Å². The highest BCUT2D eigenvalue weighted by molar-refractivity contribution is 7.22. The van der Waals surface area contributed by atoms with Gasteiger partial charge in [0.1, 0.15) is 34.6 Å². The molecule has 30 heavy (non-hydrogen) atoms. The van der Waals surface area contributed by atoms with E-state index in [1.165, 1.54) is 29.8 Å². The molecule has 1 aromatic carbocycles. The van der Waals surface area contributed by atoms with Crippen LogP contribution < -0.4 is 10.1 Å². The third-order valence-corrected chi connectivity index (χ3v) is 6.15. The molecule has 0 spiro atoms. The third kappa shape index (κ3) is 3.57. The molecule has 0 radical (unpaired) electrons. The summed E-state index contributed by atoms with van der Waals surface area (Å²) in [5, 5.41) is 18.2. The molecule has 154 valence electrons. The van der Waals surface area contributed by atoms with Crippen molar-refractivity contribution in [3.63, 3.8) is 0 Å². The maximum atomic E-state index is 13.9. The fraction of sp³-hybridized carbons (Fsp3) is 0.316. The molecule has 1 fully saturated rings. The molecule has 1 aliphatic rings. The lowest BCUT2D eigenvalue weighted by Gasteiger charge is -2.24. The summed E-state index contributed by atoms with van der Waals surface area (Å²) in [6.07, 6.45) is 3.02. The summed E-state index contributed by atoms with van der Waals surface area (Å²) in [7, 11) is 0. The standard InChI is InChI=1S/C19H18FN7O2S/c1-10-15-17(21-9-22-19(15)30-16(10)18-24-26-27-25-18)23-13-3-2-11(20)8-14(13)29-12-4-6-28-7-5-12/h2-3,8-9,12H,4-7H2,1H3,(H,21,22,23)(H,24,25,26,27). The average Bonchev–Trinajstić information content (AvgIpc) is 3.39. The minimum Gasteiger partial charge on any atom is -0.488 e. The van der Waals surface area contributed by atoms with Gasteiger partial charge in [-0.2, -0.15) is 0 Å². The summed E-state index contributed by atoms with van der Waals surface area (Å²) in [4.78, 5) is 10.5. The number of tetrazole rings is 1. The molecule has 0 bridgehead atoms. The minimum absolute atomic E-state index is 0.0139. The van der Waals surface area contributed by atoms with Gasteiger partial charge in [0, 0.05) is 18.9 Å². The summed E-state index contributed by atoms with van der Waals surface area (Å²) in [6.45, 7) is 3.25. The molecule has 0 aliphatic carbocycles. The van der Waals surface area contributed by atoms with Crippen molar-refractivity contribution >= 4 is 33.1 Å². The first-order valence-electron chi connectivity index (χ1n) is 9.48. The zero-order valence-corrected chi connectivity index (χ0v) is 16.9. The Morgan fingerprint density at radius 3 is 2.93 bits per heavy atom. The number of fused-ring (bicyclic) bond motifs is 1. The van der Waals surface area contributed by atoms with Gasteiger partial charge in [0.2, 0.25) is 0 Å². The molecule has 3 aromatic heterocycles. The Morgan fingerprint density at radius 2 is 2.13 bits per heavy atom. The maximum Gasteiger partial charge on any atom is 0.189 e. The Hall–Kier alpha value is -3.18. The molecule has 1 aliphatic heterocycles. The van der Waals surface area contributed by atoms with Gasteiger partial charge in [-0.25, -0.2) is 19.5 Å². The first-order valence-corrected chi connectivity index (χ1v) is 10.3. The number of nitrogens with zero attached hydrogens (tertiary/aromatic N) is 5. The van der Waals surface area contributed by atoms with Crippen LogP contribution in [0, 0.1) is 12.7 Å². The Kier molecular flexibility index (Phi) is 4.97. The third-order valence-electron chi connectivity index (χ3n) is 4.95. The van der Waals surface area contributed by atoms with Gasteiger partial charge in [-0.1, -0.05) is 0 Å². The van der Waals surface area contributed by atoms with E-state index in [-0.39, 0.29) is 11.9 Å². The van der Waals surface area contributed by atoms with Gasteiger partial charge in [-0.15, -0.1) is 16.4 Å². The van der Waals surface area contributed by atoms with Crippen molar-refractivity contribution in [3.8, 4) is 16.5 Å². The predicted molar refractivity (Wildman–Crippen MR) is 109 cm³/mol. The molecule has 0 amide bonds. The van der Waals surface area contributed by atoms with Crippen LogP contribution in [-0.4, -0.2) is 49.9 Å². The van der Waals surface area contributed by atoms with Crippen LogP contribution in [0.3, 0.4) is 0 Å². The van der Waals surface area contributed by atoms with Gasteiger partial charge in [0.25, 0.3) is 0 Å². The van der Waals surface area contributed by atoms with Gasteiger partial charge in [0.05, 0.1) is 29.2 Å². The lowest BCUT2D eigenvalue weighted by molar-refractivity contribution is 0.0257. The summed E-state index contributed by atoms with van der Waals surface area (Å²) in [6, 6.07) is 4.44. The lowest BCUT2D eigenvalue weighted by atomic mass is 10.1. The summed E-state index contributed by atoms with van der Waals surface area (Å²) in [5.41, 5.74) is 1.59. The smallest absolute Gasteiger partial charge is 0.189 e. The van der Waals surface area contributed by atoms with Crippen molar-refractivity contribution in [1.82, 2.24) is 30.6 Å². The highest BCUT2D eigenvalue weighted by atomic mass is 32.1. The van der Waals surface area contributed by atoms with Crippen LogP contribution in [0.2, 0.25) is 0 Å². The number of ether oxygens (including phenoxy) is 2. The quantitative estimate of drug-likeness (QED) is 0.497. The van der Waals surface area contributed by atoms with Crippen molar-refractivity contribution in [2.75, 3.05) is 18.5 Å². The maximum absolute atomic E-state index is 13.9. The molecular formula is C19H18FN7O2S. The monoisotopic (exact) mass is 427 g/mol. The van der Waals surface area contributed by atoms with E-state index in [0.29, 0.717) is 36.3 Å². The van der Waals surface area contributed by atoms with Crippen molar-refractivity contribution in [2.24, 2.45) is 0 Å². The van der Waals surface area contributed by atoms with Crippen LogP contribution in [0.5, 0.6) is 5.75 Å². The number of hydrogen-bond acceptors (Lipinski definition) is 9. The second-order valence-electron chi connectivity index (χ2n) is 6.90. The van der Waals surface area contributed by atoms with Gasteiger partial charge < -0.3 is 14.8 Å². The van der Waals surface area contributed by atoms with E-state index in [0.717, 1.165) is 33.5 Å².